The van der Waals surface area contributed by atoms with E-state index in [1.165, 1.54) is 5.56 Å². The summed E-state index contributed by atoms with van der Waals surface area (Å²) in [6.45, 7) is 8.88. The van der Waals surface area contributed by atoms with Crippen molar-refractivity contribution in [2.24, 2.45) is 0 Å². The Labute approximate surface area is 156 Å². The molecule has 26 heavy (non-hydrogen) atoms. The van der Waals surface area contributed by atoms with Gasteiger partial charge in [-0.15, -0.1) is 6.58 Å². The van der Waals surface area contributed by atoms with Crippen LogP contribution >= 0.6 is 0 Å². The fourth-order valence-corrected chi connectivity index (χ4v) is 2.97. The Morgan fingerprint density at radius 1 is 0.962 bits per heavy atom. The third kappa shape index (κ3) is 7.80. The number of rotatable bonds is 10. The molecule has 6 heteroatoms. The smallest absolute Gasteiger partial charge is 0.234 e. The van der Waals surface area contributed by atoms with Gasteiger partial charge in [-0.1, -0.05) is 36.4 Å². The first-order chi connectivity index (χ1) is 12.7. The molecule has 2 rings (SSSR count). The number of piperazine rings is 1. The van der Waals surface area contributed by atoms with Gasteiger partial charge in [0.1, 0.15) is 0 Å². The molecule has 0 aromatic heterocycles. The number of hydrogen-bond acceptors (Lipinski definition) is 4. The summed E-state index contributed by atoms with van der Waals surface area (Å²) in [4.78, 5) is 28.0. The Morgan fingerprint density at radius 2 is 1.54 bits per heavy atom. The molecule has 1 aromatic carbocycles. The van der Waals surface area contributed by atoms with Crippen molar-refractivity contribution in [2.75, 3.05) is 52.4 Å². The topological polar surface area (TPSA) is 64.7 Å². The van der Waals surface area contributed by atoms with E-state index in [1.807, 2.05) is 18.2 Å². The zero-order valence-electron chi connectivity index (χ0n) is 15.5. The van der Waals surface area contributed by atoms with Crippen molar-refractivity contribution < 1.29 is 9.59 Å². The lowest BCUT2D eigenvalue weighted by molar-refractivity contribution is -0.124. The average Bonchev–Trinajstić information content (AvgIpc) is 2.66. The van der Waals surface area contributed by atoms with Crippen molar-refractivity contribution in [1.82, 2.24) is 20.4 Å². The second kappa shape index (κ2) is 11.4. The second-order valence-corrected chi connectivity index (χ2v) is 6.58. The van der Waals surface area contributed by atoms with E-state index in [0.29, 0.717) is 26.2 Å². The normalized spacial score (nSPS) is 15.4. The van der Waals surface area contributed by atoms with Crippen LogP contribution < -0.4 is 10.6 Å². The number of carbonyl (C=O) groups is 2. The van der Waals surface area contributed by atoms with Crippen molar-refractivity contribution >= 4 is 11.8 Å². The first kappa shape index (κ1) is 20.1. The maximum Gasteiger partial charge on any atom is 0.234 e. The predicted molar refractivity (Wildman–Crippen MR) is 104 cm³/mol. The van der Waals surface area contributed by atoms with Crippen molar-refractivity contribution in [3.8, 4) is 0 Å². The summed E-state index contributed by atoms with van der Waals surface area (Å²) >= 11 is 0. The Hall–Kier alpha value is -2.18. The minimum Gasteiger partial charge on any atom is -0.355 e. The van der Waals surface area contributed by atoms with Gasteiger partial charge in [0.05, 0.1) is 13.1 Å². The minimum atomic E-state index is 0.0227. The molecular formula is C20H30N4O2. The van der Waals surface area contributed by atoms with Crippen LogP contribution in [0.15, 0.2) is 43.0 Å². The standard InChI is InChI=1S/C20H30N4O2/c1-2-10-21-19(25)16-23-12-14-24(15-13-23)17-20(26)22-11-6-9-18-7-4-3-5-8-18/h2-5,7-8H,1,6,9-17H2,(H,21,25)(H,22,26). The van der Waals surface area contributed by atoms with Gasteiger partial charge in [-0.05, 0) is 18.4 Å². The highest BCUT2D eigenvalue weighted by molar-refractivity contribution is 5.78. The predicted octanol–water partition coefficient (Wildman–Crippen LogP) is 0.655. The van der Waals surface area contributed by atoms with E-state index in [4.69, 9.17) is 0 Å². The Balaban J connectivity index is 1.55. The zero-order chi connectivity index (χ0) is 18.6. The summed E-state index contributed by atoms with van der Waals surface area (Å²) in [6.07, 6.45) is 3.60. The number of amides is 2. The van der Waals surface area contributed by atoms with Gasteiger partial charge in [0, 0.05) is 39.3 Å². The molecule has 1 saturated heterocycles. The Kier molecular flexibility index (Phi) is 8.86. The lowest BCUT2D eigenvalue weighted by Crippen LogP contribution is -2.51. The quantitative estimate of drug-likeness (QED) is 0.476. The Morgan fingerprint density at radius 3 is 2.12 bits per heavy atom. The van der Waals surface area contributed by atoms with Gasteiger partial charge >= 0.3 is 0 Å². The van der Waals surface area contributed by atoms with Crippen LogP contribution in [0.1, 0.15) is 12.0 Å². The van der Waals surface area contributed by atoms with Gasteiger partial charge in [-0.2, -0.15) is 0 Å². The van der Waals surface area contributed by atoms with Gasteiger partial charge in [0.15, 0.2) is 0 Å². The van der Waals surface area contributed by atoms with Crippen LogP contribution in [-0.2, 0) is 16.0 Å². The molecule has 1 aliphatic heterocycles. The van der Waals surface area contributed by atoms with Crippen molar-refractivity contribution in [1.29, 1.82) is 0 Å². The van der Waals surface area contributed by atoms with E-state index >= 15 is 0 Å². The van der Waals surface area contributed by atoms with Crippen LogP contribution in [0.25, 0.3) is 0 Å². The van der Waals surface area contributed by atoms with Gasteiger partial charge in [-0.3, -0.25) is 19.4 Å². The van der Waals surface area contributed by atoms with E-state index in [-0.39, 0.29) is 11.8 Å². The fourth-order valence-electron chi connectivity index (χ4n) is 2.97. The molecule has 0 radical (unpaired) electrons. The highest BCUT2D eigenvalue weighted by Crippen LogP contribution is 2.02. The van der Waals surface area contributed by atoms with Crippen LogP contribution in [0.2, 0.25) is 0 Å². The third-order valence-electron chi connectivity index (χ3n) is 4.45. The summed E-state index contributed by atoms with van der Waals surface area (Å²) in [5, 5.41) is 5.79. The molecular weight excluding hydrogens is 328 g/mol. The monoisotopic (exact) mass is 358 g/mol. The zero-order valence-corrected chi connectivity index (χ0v) is 15.5. The van der Waals surface area contributed by atoms with Crippen molar-refractivity contribution in [3.63, 3.8) is 0 Å². The first-order valence-electron chi connectivity index (χ1n) is 9.30. The first-order valence-corrected chi connectivity index (χ1v) is 9.30. The summed E-state index contributed by atoms with van der Waals surface area (Å²) in [5.41, 5.74) is 1.30. The molecule has 0 unspecified atom stereocenters. The number of nitrogens with zero attached hydrogens (tertiary/aromatic N) is 2. The van der Waals surface area contributed by atoms with Crippen LogP contribution in [0.4, 0.5) is 0 Å². The lowest BCUT2D eigenvalue weighted by atomic mass is 10.1. The second-order valence-electron chi connectivity index (χ2n) is 6.58. The number of carbonyl (C=O) groups excluding carboxylic acids is 2. The SMILES string of the molecule is C=CCNC(=O)CN1CCN(CC(=O)NCCCc2ccccc2)CC1. The maximum absolute atomic E-state index is 12.1. The highest BCUT2D eigenvalue weighted by atomic mass is 16.2. The van der Waals surface area contributed by atoms with E-state index in [2.05, 4.69) is 39.1 Å². The molecule has 0 bridgehead atoms. The number of hydrogen-bond donors (Lipinski definition) is 2. The molecule has 1 heterocycles. The van der Waals surface area contributed by atoms with Gasteiger partial charge in [0.2, 0.25) is 11.8 Å². The van der Waals surface area contributed by atoms with Crippen LogP contribution in [-0.4, -0.2) is 74.0 Å². The number of benzene rings is 1. The molecule has 0 atom stereocenters. The average molecular weight is 358 g/mol. The van der Waals surface area contributed by atoms with Gasteiger partial charge in [0.25, 0.3) is 0 Å². The highest BCUT2D eigenvalue weighted by Gasteiger charge is 2.20. The third-order valence-corrected chi connectivity index (χ3v) is 4.45. The van der Waals surface area contributed by atoms with Crippen molar-refractivity contribution in [3.05, 3.63) is 48.6 Å². The van der Waals surface area contributed by atoms with Crippen LogP contribution in [0.5, 0.6) is 0 Å². The number of aryl methyl sites for hydroxylation is 1. The Bertz CT molecular complexity index is 568. The molecule has 0 saturated carbocycles. The van der Waals surface area contributed by atoms with Gasteiger partial charge in [-0.25, -0.2) is 0 Å². The number of nitrogens with one attached hydrogen (secondary N) is 2. The molecule has 1 aromatic rings. The summed E-state index contributed by atoms with van der Waals surface area (Å²) in [5.74, 6) is 0.102. The van der Waals surface area contributed by atoms with Crippen molar-refractivity contribution in [2.45, 2.75) is 12.8 Å². The summed E-state index contributed by atoms with van der Waals surface area (Å²) in [6, 6.07) is 10.3. The fraction of sp³-hybridized carbons (Fsp3) is 0.500. The molecule has 2 amide bonds. The van der Waals surface area contributed by atoms with E-state index in [0.717, 1.165) is 39.0 Å². The molecule has 142 valence electrons. The van der Waals surface area contributed by atoms with Gasteiger partial charge < -0.3 is 10.6 Å². The molecule has 1 fully saturated rings. The molecule has 2 N–H and O–H groups in total. The summed E-state index contributed by atoms with van der Waals surface area (Å²) < 4.78 is 0. The molecule has 6 nitrogen and oxygen atoms in total. The molecule has 0 spiro atoms. The molecule has 0 aliphatic carbocycles. The maximum atomic E-state index is 12.1. The van der Waals surface area contributed by atoms with E-state index in [1.54, 1.807) is 6.08 Å². The van der Waals surface area contributed by atoms with Crippen LogP contribution in [0.3, 0.4) is 0 Å². The van der Waals surface area contributed by atoms with E-state index < -0.39 is 0 Å². The largest absolute Gasteiger partial charge is 0.355 e. The summed E-state index contributed by atoms with van der Waals surface area (Å²) in [7, 11) is 0. The van der Waals surface area contributed by atoms with E-state index in [9.17, 15) is 9.59 Å². The van der Waals surface area contributed by atoms with Crippen LogP contribution in [0, 0.1) is 0 Å². The minimum absolute atomic E-state index is 0.0227. The molecule has 1 aliphatic rings. The lowest BCUT2D eigenvalue weighted by Gasteiger charge is -2.33.